The van der Waals surface area contributed by atoms with Crippen LogP contribution in [-0.2, 0) is 9.59 Å². The fourth-order valence-electron chi connectivity index (χ4n) is 2.13. The molecule has 0 saturated heterocycles. The normalized spacial score (nSPS) is 11.1. The summed E-state index contributed by atoms with van der Waals surface area (Å²) < 4.78 is 0. The third-order valence-corrected chi connectivity index (χ3v) is 4.04. The number of carbonyl (C=O) groups excluding carboxylic acids is 2. The molecule has 0 aliphatic heterocycles. The highest BCUT2D eigenvalue weighted by Gasteiger charge is 2.05. The maximum Gasteiger partial charge on any atom is 0.240 e. The Morgan fingerprint density at radius 1 is 0.828 bits per heavy atom. The second-order valence-corrected chi connectivity index (χ2v) is 6.72. The number of amides is 2. The molecule has 2 aromatic carbocycles. The summed E-state index contributed by atoms with van der Waals surface area (Å²) in [5.74, 6) is -0.808. The van der Waals surface area contributed by atoms with Gasteiger partial charge in [-0.25, -0.2) is 10.9 Å². The minimum Gasteiger partial charge on any atom is -0.507 e. The highest BCUT2D eigenvalue weighted by molar-refractivity contribution is 6.31. The molecule has 2 amide bonds. The highest BCUT2D eigenvalue weighted by Crippen LogP contribution is 2.20. The van der Waals surface area contributed by atoms with Crippen molar-refractivity contribution in [1.82, 2.24) is 10.9 Å². The van der Waals surface area contributed by atoms with Crippen LogP contribution in [0.15, 0.2) is 46.6 Å². The van der Waals surface area contributed by atoms with Crippen molar-refractivity contribution in [2.24, 2.45) is 10.2 Å². The zero-order valence-corrected chi connectivity index (χ0v) is 16.6. The predicted octanol–water partition coefficient (Wildman–Crippen LogP) is 3.18. The molecule has 2 aromatic rings. The molecule has 0 heterocycles. The van der Waals surface area contributed by atoms with Crippen molar-refractivity contribution >= 4 is 47.4 Å². The summed E-state index contributed by atoms with van der Waals surface area (Å²) in [4.78, 5) is 23.4. The molecule has 0 spiro atoms. The summed E-state index contributed by atoms with van der Waals surface area (Å²) in [6.45, 7) is 0. The number of halogens is 2. The van der Waals surface area contributed by atoms with Crippen molar-refractivity contribution in [2.75, 3.05) is 0 Å². The van der Waals surface area contributed by atoms with Crippen LogP contribution in [-0.4, -0.2) is 34.5 Å². The lowest BCUT2D eigenvalue weighted by Gasteiger charge is -2.02. The number of carbonyl (C=O) groups is 2. The number of rotatable bonds is 8. The van der Waals surface area contributed by atoms with Crippen LogP contribution >= 0.6 is 23.2 Å². The molecule has 8 nitrogen and oxygen atoms in total. The van der Waals surface area contributed by atoms with Gasteiger partial charge in [0.2, 0.25) is 11.8 Å². The molecule has 0 atom stereocenters. The van der Waals surface area contributed by atoms with Gasteiger partial charge in [0.1, 0.15) is 11.5 Å². The molecule has 152 valence electrons. The number of benzene rings is 2. The Morgan fingerprint density at radius 3 is 1.66 bits per heavy atom. The van der Waals surface area contributed by atoms with E-state index in [1.54, 1.807) is 0 Å². The van der Waals surface area contributed by atoms with Crippen LogP contribution in [0.1, 0.15) is 30.4 Å². The van der Waals surface area contributed by atoms with E-state index in [0.29, 0.717) is 21.2 Å². The summed E-state index contributed by atoms with van der Waals surface area (Å²) in [5.41, 5.74) is 5.33. The van der Waals surface area contributed by atoms with E-state index in [0.717, 1.165) is 0 Å². The lowest BCUT2D eigenvalue weighted by Crippen LogP contribution is -2.20. The first-order valence-electron chi connectivity index (χ1n) is 8.46. The van der Waals surface area contributed by atoms with Crippen LogP contribution in [0.3, 0.4) is 0 Å². The Balaban J connectivity index is 1.69. The fourth-order valence-corrected chi connectivity index (χ4v) is 2.49. The van der Waals surface area contributed by atoms with Crippen molar-refractivity contribution < 1.29 is 19.8 Å². The number of nitrogens with zero attached hydrogens (tertiary/aromatic N) is 2. The fraction of sp³-hybridized carbons (Fsp3) is 0.158. The second kappa shape index (κ2) is 11.0. The average molecular weight is 437 g/mol. The number of nitrogens with one attached hydrogen (secondary N) is 2. The number of aromatic hydroxyl groups is 2. The minimum absolute atomic E-state index is 0.0179. The maximum absolute atomic E-state index is 11.7. The van der Waals surface area contributed by atoms with Gasteiger partial charge in [0.05, 0.1) is 12.4 Å². The molecule has 0 radical (unpaired) electrons. The molecule has 0 unspecified atom stereocenters. The summed E-state index contributed by atoms with van der Waals surface area (Å²) >= 11 is 11.6. The molecule has 0 bridgehead atoms. The molecular weight excluding hydrogens is 419 g/mol. The third-order valence-electron chi connectivity index (χ3n) is 3.57. The van der Waals surface area contributed by atoms with Crippen molar-refractivity contribution in [3.8, 4) is 11.5 Å². The Hall–Kier alpha value is -3.10. The predicted molar refractivity (Wildman–Crippen MR) is 112 cm³/mol. The molecule has 0 aliphatic carbocycles. The summed E-state index contributed by atoms with van der Waals surface area (Å²) in [6, 6.07) is 8.89. The van der Waals surface area contributed by atoms with Crippen molar-refractivity contribution in [2.45, 2.75) is 19.3 Å². The van der Waals surface area contributed by atoms with Crippen LogP contribution in [0.5, 0.6) is 11.5 Å². The lowest BCUT2D eigenvalue weighted by molar-refractivity contribution is -0.122. The van der Waals surface area contributed by atoms with Gasteiger partial charge in [-0.15, -0.1) is 0 Å². The molecule has 29 heavy (non-hydrogen) atoms. The molecular formula is C19H18Cl2N4O4. The monoisotopic (exact) mass is 436 g/mol. The third kappa shape index (κ3) is 7.81. The molecule has 0 aliphatic rings. The van der Waals surface area contributed by atoms with Crippen LogP contribution in [0.2, 0.25) is 10.0 Å². The quantitative estimate of drug-likeness (QED) is 0.374. The van der Waals surface area contributed by atoms with Crippen molar-refractivity contribution in [1.29, 1.82) is 0 Å². The molecule has 2 rings (SSSR count). The van der Waals surface area contributed by atoms with Crippen LogP contribution in [0, 0.1) is 0 Å². The van der Waals surface area contributed by atoms with E-state index < -0.39 is 0 Å². The van der Waals surface area contributed by atoms with Crippen LogP contribution < -0.4 is 10.9 Å². The van der Waals surface area contributed by atoms with E-state index in [-0.39, 0.29) is 42.6 Å². The van der Waals surface area contributed by atoms with E-state index in [2.05, 4.69) is 21.1 Å². The van der Waals surface area contributed by atoms with Gasteiger partial charge < -0.3 is 10.2 Å². The standard InChI is InChI=1S/C19H18Cl2N4O4/c20-14-4-6-16(26)12(8-14)10-22-24-18(28)2-1-3-19(29)25-23-11-13-9-15(21)5-7-17(13)27/h4-11,26-27H,1-3H2,(H,24,28)(H,25,29)/b22-10-,23-11-. The molecule has 0 fully saturated rings. The van der Waals surface area contributed by atoms with E-state index in [1.807, 2.05) is 0 Å². The minimum atomic E-state index is -0.386. The summed E-state index contributed by atoms with van der Waals surface area (Å²) in [6.07, 6.45) is 2.97. The second-order valence-electron chi connectivity index (χ2n) is 5.85. The maximum atomic E-state index is 11.7. The highest BCUT2D eigenvalue weighted by atomic mass is 35.5. The zero-order valence-electron chi connectivity index (χ0n) is 15.1. The number of hydrazone groups is 2. The lowest BCUT2D eigenvalue weighted by atomic mass is 10.2. The Labute approximate surface area is 176 Å². The topological polar surface area (TPSA) is 123 Å². The molecule has 10 heteroatoms. The first kappa shape index (κ1) is 22.2. The van der Waals surface area contributed by atoms with E-state index in [4.69, 9.17) is 23.2 Å². The van der Waals surface area contributed by atoms with Crippen LogP contribution in [0.4, 0.5) is 0 Å². The van der Waals surface area contributed by atoms with Gasteiger partial charge in [0, 0.05) is 34.0 Å². The molecule has 0 saturated carbocycles. The van der Waals surface area contributed by atoms with Gasteiger partial charge in [0.15, 0.2) is 0 Å². The van der Waals surface area contributed by atoms with Crippen LogP contribution in [0.25, 0.3) is 0 Å². The van der Waals surface area contributed by atoms with E-state index in [1.165, 1.54) is 48.8 Å². The number of hydrogen-bond donors (Lipinski definition) is 4. The Bertz CT molecular complexity index is 872. The van der Waals surface area contributed by atoms with Gasteiger partial charge in [-0.1, -0.05) is 23.2 Å². The van der Waals surface area contributed by atoms with E-state index in [9.17, 15) is 19.8 Å². The Morgan fingerprint density at radius 2 is 1.24 bits per heavy atom. The first-order valence-corrected chi connectivity index (χ1v) is 9.21. The summed E-state index contributed by atoms with van der Waals surface area (Å²) in [7, 11) is 0. The van der Waals surface area contributed by atoms with Crippen molar-refractivity contribution in [3.05, 3.63) is 57.6 Å². The van der Waals surface area contributed by atoms with Gasteiger partial charge in [-0.2, -0.15) is 10.2 Å². The zero-order chi connectivity index (χ0) is 21.2. The van der Waals surface area contributed by atoms with E-state index >= 15 is 0 Å². The van der Waals surface area contributed by atoms with Gasteiger partial charge in [-0.05, 0) is 42.8 Å². The van der Waals surface area contributed by atoms with Gasteiger partial charge >= 0.3 is 0 Å². The van der Waals surface area contributed by atoms with Crippen molar-refractivity contribution in [3.63, 3.8) is 0 Å². The molecule has 4 N–H and O–H groups in total. The first-order chi connectivity index (χ1) is 13.8. The van der Waals surface area contributed by atoms with Gasteiger partial charge in [-0.3, -0.25) is 9.59 Å². The largest absolute Gasteiger partial charge is 0.507 e. The SMILES string of the molecule is O=C(CCCC(=O)N/N=C\c1cc(Cl)ccc1O)N/N=C\c1cc(Cl)ccc1O. The molecule has 0 aromatic heterocycles. The smallest absolute Gasteiger partial charge is 0.240 e. The number of phenols is 2. The average Bonchev–Trinajstić information content (AvgIpc) is 2.67. The number of phenolic OH excluding ortho intramolecular Hbond substituents is 2. The van der Waals surface area contributed by atoms with Gasteiger partial charge in [0.25, 0.3) is 0 Å². The number of hydrogen-bond acceptors (Lipinski definition) is 6. The Kier molecular flexibility index (Phi) is 8.45. The summed E-state index contributed by atoms with van der Waals surface area (Å²) in [5, 5.41) is 27.6.